The van der Waals surface area contributed by atoms with Crippen molar-refractivity contribution in [3.05, 3.63) is 101 Å². The number of carbonyl (C=O) groups is 2. The highest BCUT2D eigenvalue weighted by molar-refractivity contribution is 5.97. The van der Waals surface area contributed by atoms with Crippen LogP contribution in [0.5, 0.6) is 5.75 Å². The molecule has 0 aromatic heterocycles. The predicted molar refractivity (Wildman–Crippen MR) is 125 cm³/mol. The maximum Gasteiger partial charge on any atom is 0.262 e. The van der Waals surface area contributed by atoms with Crippen LogP contribution in [-0.4, -0.2) is 24.1 Å². The Hall–Kier alpha value is -4.00. The lowest BCUT2D eigenvalue weighted by Gasteiger charge is -2.20. The normalized spacial score (nSPS) is 11.9. The summed E-state index contributed by atoms with van der Waals surface area (Å²) < 4.78 is 18.8. The lowest BCUT2D eigenvalue weighted by atomic mass is 10.0. The number of halogens is 1. The largest absolute Gasteiger partial charge is 0.489 e. The summed E-state index contributed by atoms with van der Waals surface area (Å²) in [5.74, 6) is -0.790. The number of ether oxygens (including phenoxy) is 1. The van der Waals surface area contributed by atoms with Crippen LogP contribution in [0.4, 0.5) is 4.39 Å². The Kier molecular flexibility index (Phi) is 8.30. The van der Waals surface area contributed by atoms with E-state index in [0.717, 1.165) is 16.9 Å². The quantitative estimate of drug-likeness (QED) is 0.379. The second-order valence-corrected chi connectivity index (χ2v) is 7.78. The highest BCUT2D eigenvalue weighted by Gasteiger charge is 2.24. The topological polar surface area (TPSA) is 79.8 Å². The molecule has 3 aromatic carbocycles. The van der Waals surface area contributed by atoms with Gasteiger partial charge in [-0.1, -0.05) is 44.2 Å². The summed E-state index contributed by atoms with van der Waals surface area (Å²) >= 11 is 0. The number of rotatable bonds is 9. The smallest absolute Gasteiger partial charge is 0.262 e. The van der Waals surface area contributed by atoms with E-state index in [9.17, 15) is 14.0 Å². The van der Waals surface area contributed by atoms with Gasteiger partial charge in [0.15, 0.2) is 0 Å². The summed E-state index contributed by atoms with van der Waals surface area (Å²) in [6, 6.07) is 21.5. The first-order chi connectivity index (χ1) is 15.9. The Morgan fingerprint density at radius 2 is 1.64 bits per heavy atom. The van der Waals surface area contributed by atoms with Gasteiger partial charge in [-0.3, -0.25) is 9.59 Å². The number of nitrogens with zero attached hydrogens (tertiary/aromatic N) is 1. The molecular formula is C26H26FN3O3. The molecule has 0 aliphatic heterocycles. The molecule has 1 unspecified atom stereocenters. The molecule has 1 atom stereocenters. The van der Waals surface area contributed by atoms with Gasteiger partial charge in [0.2, 0.25) is 0 Å². The summed E-state index contributed by atoms with van der Waals surface area (Å²) in [7, 11) is 0. The van der Waals surface area contributed by atoms with Gasteiger partial charge in [0.1, 0.15) is 24.2 Å². The standard InChI is InChI=1S/C26H26FN3O3/c1-18(2)24(29-25(31)21-10-12-22(27)13-11-21)26(32)30-28-16-19-8-14-23(15-9-19)33-17-20-6-4-3-5-7-20/h3-16,18,24H,17H2,1-2H3,(H,29,31)(H,30,32). The second kappa shape index (κ2) is 11.6. The molecule has 0 fully saturated rings. The minimum atomic E-state index is -0.798. The number of carbonyl (C=O) groups excluding carboxylic acids is 2. The van der Waals surface area contributed by atoms with E-state index in [0.29, 0.717) is 6.61 Å². The zero-order valence-electron chi connectivity index (χ0n) is 18.5. The molecule has 2 amide bonds. The third kappa shape index (κ3) is 7.28. The average Bonchev–Trinajstić information content (AvgIpc) is 2.82. The Morgan fingerprint density at radius 1 is 0.970 bits per heavy atom. The molecule has 0 spiro atoms. The van der Waals surface area contributed by atoms with Crippen LogP contribution < -0.4 is 15.5 Å². The van der Waals surface area contributed by atoms with Crippen molar-refractivity contribution in [2.45, 2.75) is 26.5 Å². The van der Waals surface area contributed by atoms with E-state index in [4.69, 9.17) is 4.74 Å². The summed E-state index contributed by atoms with van der Waals surface area (Å²) in [6.45, 7) is 4.10. The summed E-state index contributed by atoms with van der Waals surface area (Å²) in [4.78, 5) is 24.9. The molecule has 0 saturated heterocycles. The molecule has 2 N–H and O–H groups in total. The molecule has 3 rings (SSSR count). The molecule has 3 aromatic rings. The molecule has 0 bridgehead atoms. The van der Waals surface area contributed by atoms with Crippen molar-refractivity contribution in [3.63, 3.8) is 0 Å². The van der Waals surface area contributed by atoms with Gasteiger partial charge in [-0.2, -0.15) is 5.10 Å². The van der Waals surface area contributed by atoms with Gasteiger partial charge in [-0.05, 0) is 65.6 Å². The Morgan fingerprint density at radius 3 is 2.27 bits per heavy atom. The van der Waals surface area contributed by atoms with Gasteiger partial charge in [0, 0.05) is 5.56 Å². The lowest BCUT2D eigenvalue weighted by molar-refractivity contribution is -0.123. The van der Waals surface area contributed by atoms with Gasteiger partial charge in [-0.15, -0.1) is 0 Å². The van der Waals surface area contributed by atoms with Gasteiger partial charge in [0.25, 0.3) is 11.8 Å². The van der Waals surface area contributed by atoms with Crippen molar-refractivity contribution in [2.24, 2.45) is 11.0 Å². The predicted octanol–water partition coefficient (Wildman–Crippen LogP) is 4.31. The van der Waals surface area contributed by atoms with Gasteiger partial charge < -0.3 is 10.1 Å². The van der Waals surface area contributed by atoms with E-state index < -0.39 is 23.7 Å². The van der Waals surface area contributed by atoms with Gasteiger partial charge in [0.05, 0.1) is 6.21 Å². The van der Waals surface area contributed by atoms with Crippen molar-refractivity contribution in [2.75, 3.05) is 0 Å². The maximum atomic E-state index is 13.1. The fraction of sp³-hybridized carbons (Fsp3) is 0.192. The molecule has 170 valence electrons. The van der Waals surface area contributed by atoms with E-state index in [2.05, 4.69) is 15.8 Å². The third-order valence-electron chi connectivity index (χ3n) is 4.86. The highest BCUT2D eigenvalue weighted by atomic mass is 19.1. The van der Waals surface area contributed by atoms with E-state index >= 15 is 0 Å². The van der Waals surface area contributed by atoms with Crippen LogP contribution in [0.1, 0.15) is 35.3 Å². The van der Waals surface area contributed by atoms with Crippen molar-refractivity contribution >= 4 is 18.0 Å². The fourth-order valence-corrected chi connectivity index (χ4v) is 2.99. The van der Waals surface area contributed by atoms with E-state index in [-0.39, 0.29) is 11.5 Å². The molecule has 33 heavy (non-hydrogen) atoms. The van der Waals surface area contributed by atoms with Crippen LogP contribution >= 0.6 is 0 Å². The number of hydrogen-bond acceptors (Lipinski definition) is 4. The zero-order valence-corrected chi connectivity index (χ0v) is 18.5. The fourth-order valence-electron chi connectivity index (χ4n) is 2.99. The van der Waals surface area contributed by atoms with Crippen LogP contribution in [0.25, 0.3) is 0 Å². The second-order valence-electron chi connectivity index (χ2n) is 7.78. The minimum Gasteiger partial charge on any atom is -0.489 e. The number of hydrazone groups is 1. The average molecular weight is 448 g/mol. The molecule has 0 aliphatic rings. The first-order valence-electron chi connectivity index (χ1n) is 10.6. The SMILES string of the molecule is CC(C)C(NC(=O)c1ccc(F)cc1)C(=O)NN=Cc1ccc(OCc2ccccc2)cc1. The Bertz CT molecular complexity index is 1080. The first kappa shape index (κ1) is 23.7. The molecule has 6 nitrogen and oxygen atoms in total. The highest BCUT2D eigenvalue weighted by Crippen LogP contribution is 2.13. The van der Waals surface area contributed by atoms with E-state index in [1.807, 2.05) is 68.4 Å². The Labute approximate surface area is 192 Å². The zero-order chi connectivity index (χ0) is 23.6. The van der Waals surface area contributed by atoms with Crippen molar-refractivity contribution in [1.29, 1.82) is 0 Å². The van der Waals surface area contributed by atoms with Crippen LogP contribution in [0.2, 0.25) is 0 Å². The Balaban J connectivity index is 1.52. The number of hydrogen-bond donors (Lipinski definition) is 2. The van der Waals surface area contributed by atoms with E-state index in [1.165, 1.54) is 30.5 Å². The van der Waals surface area contributed by atoms with Crippen molar-refractivity contribution in [1.82, 2.24) is 10.7 Å². The minimum absolute atomic E-state index is 0.175. The number of benzene rings is 3. The molecule has 0 heterocycles. The number of amides is 2. The van der Waals surface area contributed by atoms with Crippen LogP contribution in [0, 0.1) is 11.7 Å². The van der Waals surface area contributed by atoms with Gasteiger partial charge >= 0.3 is 0 Å². The van der Waals surface area contributed by atoms with Crippen LogP contribution in [-0.2, 0) is 11.4 Å². The summed E-state index contributed by atoms with van der Waals surface area (Å²) in [5.41, 5.74) is 4.59. The van der Waals surface area contributed by atoms with Crippen molar-refractivity contribution < 1.29 is 18.7 Å². The molecular weight excluding hydrogens is 421 g/mol. The van der Waals surface area contributed by atoms with E-state index in [1.54, 1.807) is 0 Å². The van der Waals surface area contributed by atoms with Gasteiger partial charge in [-0.25, -0.2) is 9.82 Å². The van der Waals surface area contributed by atoms with Crippen molar-refractivity contribution in [3.8, 4) is 5.75 Å². The number of nitrogens with one attached hydrogen (secondary N) is 2. The monoisotopic (exact) mass is 447 g/mol. The lowest BCUT2D eigenvalue weighted by Crippen LogP contribution is -2.48. The summed E-state index contributed by atoms with van der Waals surface area (Å²) in [6.07, 6.45) is 1.51. The molecule has 0 aliphatic carbocycles. The molecule has 0 saturated carbocycles. The third-order valence-corrected chi connectivity index (χ3v) is 4.86. The summed E-state index contributed by atoms with van der Waals surface area (Å²) in [5, 5.41) is 6.67. The molecule has 0 radical (unpaired) electrons. The first-order valence-corrected chi connectivity index (χ1v) is 10.6. The van der Waals surface area contributed by atoms with Crippen LogP contribution in [0.15, 0.2) is 84.0 Å². The maximum absolute atomic E-state index is 13.1. The van der Waals surface area contributed by atoms with Crippen LogP contribution in [0.3, 0.4) is 0 Å². The molecule has 7 heteroatoms.